The van der Waals surface area contributed by atoms with Gasteiger partial charge in [-0.15, -0.1) is 0 Å². The lowest BCUT2D eigenvalue weighted by atomic mass is 9.88. The van der Waals surface area contributed by atoms with E-state index in [9.17, 15) is 13.2 Å². The highest BCUT2D eigenvalue weighted by Crippen LogP contribution is 2.39. The smallest absolute Gasteiger partial charge is 0.233 e. The first-order valence-electron chi connectivity index (χ1n) is 10.2. The Labute approximate surface area is 174 Å². The maximum Gasteiger partial charge on any atom is 0.233 e. The lowest BCUT2D eigenvalue weighted by Crippen LogP contribution is -2.41. The molecule has 0 aromatic heterocycles. The first-order valence-corrected chi connectivity index (χ1v) is 12.1. The lowest BCUT2D eigenvalue weighted by molar-refractivity contribution is -0.295. The Balaban J connectivity index is 1.92. The molecule has 0 aliphatic carbocycles. The molecule has 6 nitrogen and oxygen atoms in total. The Kier molecular flexibility index (Phi) is 8.43. The summed E-state index contributed by atoms with van der Waals surface area (Å²) in [6.45, 7) is 6.67. The van der Waals surface area contributed by atoms with Crippen molar-refractivity contribution in [1.29, 1.82) is 0 Å². The zero-order valence-electron chi connectivity index (χ0n) is 17.8. The molecular formula is C22H33NO5S. The number of nitrogens with one attached hydrogen (secondary N) is 1. The highest BCUT2D eigenvalue weighted by Gasteiger charge is 2.37. The van der Waals surface area contributed by atoms with E-state index in [1.807, 2.05) is 24.6 Å². The number of hydrogen-bond donors (Lipinski definition) is 1. The summed E-state index contributed by atoms with van der Waals surface area (Å²) in [5, 5.41) is 0. The van der Waals surface area contributed by atoms with Crippen molar-refractivity contribution in [2.45, 2.75) is 64.8 Å². The number of ether oxygens (including phenoxy) is 2. The molecule has 0 radical (unpaired) electrons. The fourth-order valence-electron chi connectivity index (χ4n) is 3.50. The van der Waals surface area contributed by atoms with Crippen LogP contribution in [0.25, 0.3) is 0 Å². The Morgan fingerprint density at radius 2 is 2.00 bits per heavy atom. The van der Waals surface area contributed by atoms with Gasteiger partial charge in [-0.1, -0.05) is 43.3 Å². The van der Waals surface area contributed by atoms with Gasteiger partial charge in [0, 0.05) is 12.3 Å². The van der Waals surface area contributed by atoms with Gasteiger partial charge in [-0.25, -0.2) is 8.42 Å². The highest BCUT2D eigenvalue weighted by molar-refractivity contribution is 7.89. The second-order valence-corrected chi connectivity index (χ2v) is 9.71. The number of allylic oxidation sites excluding steroid dienone is 2. The number of carbonyl (C=O) groups excluding carboxylic acids is 1. The van der Waals surface area contributed by atoms with Crippen molar-refractivity contribution in [3.8, 4) is 0 Å². The minimum atomic E-state index is -3.48. The van der Waals surface area contributed by atoms with E-state index in [1.54, 1.807) is 0 Å². The number of hydrogen-bond acceptors (Lipinski definition) is 5. The van der Waals surface area contributed by atoms with Gasteiger partial charge in [0.15, 0.2) is 5.79 Å². The average Bonchev–Trinajstić information content (AvgIpc) is 2.63. The fourth-order valence-corrected chi connectivity index (χ4v) is 4.02. The Morgan fingerprint density at radius 3 is 2.69 bits per heavy atom. The number of amides is 1. The van der Waals surface area contributed by atoms with Crippen LogP contribution in [0, 0.1) is 5.92 Å². The van der Waals surface area contributed by atoms with Crippen LogP contribution in [-0.2, 0) is 30.7 Å². The standard InChI is InChI=1S/C22H33NO5S/c1-5-17-12-10-11-14-19(17)21-18(16-27-22(2,3)28-21)13-8-6-7-9-15-20(24)23-29(4,25)26/h6,8,10-12,14,18,21H,5,7,9,13,15-16H2,1-4H3,(H,23,24)/t18-,21+/m1/s1. The summed E-state index contributed by atoms with van der Waals surface area (Å²) in [7, 11) is -3.48. The summed E-state index contributed by atoms with van der Waals surface area (Å²) >= 11 is 0. The van der Waals surface area contributed by atoms with Gasteiger partial charge in [0.25, 0.3) is 0 Å². The summed E-state index contributed by atoms with van der Waals surface area (Å²) in [6, 6.07) is 8.40. The number of carbonyl (C=O) groups is 1. The van der Waals surface area contributed by atoms with Crippen LogP contribution in [0.4, 0.5) is 0 Å². The monoisotopic (exact) mass is 423 g/mol. The summed E-state index contributed by atoms with van der Waals surface area (Å²) in [4.78, 5) is 11.5. The predicted molar refractivity (Wildman–Crippen MR) is 114 cm³/mol. The van der Waals surface area contributed by atoms with Gasteiger partial charge in [0.05, 0.1) is 19.0 Å². The predicted octanol–water partition coefficient (Wildman–Crippen LogP) is 3.88. The summed E-state index contributed by atoms with van der Waals surface area (Å²) in [5.74, 6) is -0.868. The molecule has 7 heteroatoms. The van der Waals surface area contributed by atoms with Crippen molar-refractivity contribution in [2.24, 2.45) is 5.92 Å². The van der Waals surface area contributed by atoms with Crippen LogP contribution in [0.5, 0.6) is 0 Å². The molecule has 1 saturated heterocycles. The van der Waals surface area contributed by atoms with Gasteiger partial charge in [0.2, 0.25) is 15.9 Å². The zero-order chi connectivity index (χ0) is 21.5. The van der Waals surface area contributed by atoms with E-state index >= 15 is 0 Å². The van der Waals surface area contributed by atoms with Gasteiger partial charge >= 0.3 is 0 Å². The molecule has 29 heavy (non-hydrogen) atoms. The molecule has 0 saturated carbocycles. The number of sulfonamides is 1. The van der Waals surface area contributed by atoms with Crippen LogP contribution in [0.2, 0.25) is 0 Å². The first kappa shape index (κ1) is 23.6. The average molecular weight is 424 g/mol. The van der Waals surface area contributed by atoms with Gasteiger partial charge < -0.3 is 9.47 Å². The van der Waals surface area contributed by atoms with Gasteiger partial charge in [-0.3, -0.25) is 9.52 Å². The van der Waals surface area contributed by atoms with Crippen molar-refractivity contribution in [3.63, 3.8) is 0 Å². The number of aryl methyl sites for hydroxylation is 1. The van der Waals surface area contributed by atoms with Crippen molar-refractivity contribution < 1.29 is 22.7 Å². The first-order chi connectivity index (χ1) is 13.6. The molecule has 1 aliphatic heterocycles. The van der Waals surface area contributed by atoms with Crippen molar-refractivity contribution in [2.75, 3.05) is 12.9 Å². The minimum absolute atomic E-state index is 0.0277. The molecule has 1 heterocycles. The van der Waals surface area contributed by atoms with E-state index in [0.717, 1.165) is 19.1 Å². The molecule has 1 aromatic carbocycles. The normalized spacial score (nSPS) is 21.9. The SMILES string of the molecule is CCc1ccccc1[C@H]1OC(C)(C)OC[C@H]1CC=CCCCC(=O)NS(C)(=O)=O. The van der Waals surface area contributed by atoms with Crippen molar-refractivity contribution in [1.82, 2.24) is 4.72 Å². The number of unbranched alkanes of at least 4 members (excludes halogenated alkanes) is 1. The quantitative estimate of drug-likeness (QED) is 0.481. The molecule has 0 spiro atoms. The lowest BCUT2D eigenvalue weighted by Gasteiger charge is -2.41. The van der Waals surface area contributed by atoms with E-state index in [4.69, 9.17) is 9.47 Å². The molecule has 2 rings (SSSR count). The topological polar surface area (TPSA) is 81.7 Å². The molecule has 162 valence electrons. The molecular weight excluding hydrogens is 390 g/mol. The summed E-state index contributed by atoms with van der Waals surface area (Å²) in [5.41, 5.74) is 2.52. The molecule has 1 fully saturated rings. The molecule has 1 aliphatic rings. The molecule has 2 atom stereocenters. The highest BCUT2D eigenvalue weighted by atomic mass is 32.2. The number of benzene rings is 1. The van der Waals surface area contributed by atoms with Crippen LogP contribution in [-0.4, -0.2) is 33.0 Å². The molecule has 0 bridgehead atoms. The maximum atomic E-state index is 11.5. The second-order valence-electron chi connectivity index (χ2n) is 7.96. The van der Waals surface area contributed by atoms with E-state index < -0.39 is 21.7 Å². The molecule has 1 aromatic rings. The van der Waals surface area contributed by atoms with E-state index in [0.29, 0.717) is 19.4 Å². The van der Waals surface area contributed by atoms with Gasteiger partial charge in [-0.2, -0.15) is 0 Å². The number of rotatable bonds is 9. The molecule has 1 N–H and O–H groups in total. The van der Waals surface area contributed by atoms with Crippen LogP contribution >= 0.6 is 0 Å². The minimum Gasteiger partial charge on any atom is -0.350 e. The summed E-state index contributed by atoms with van der Waals surface area (Å²) in [6.07, 6.45) is 8.37. The van der Waals surface area contributed by atoms with Crippen LogP contribution in [0.3, 0.4) is 0 Å². The zero-order valence-corrected chi connectivity index (χ0v) is 18.6. The Morgan fingerprint density at radius 1 is 1.28 bits per heavy atom. The molecule has 0 unspecified atom stereocenters. The van der Waals surface area contributed by atoms with E-state index in [2.05, 4.69) is 37.3 Å². The largest absolute Gasteiger partial charge is 0.350 e. The van der Waals surface area contributed by atoms with Crippen LogP contribution in [0.15, 0.2) is 36.4 Å². The van der Waals surface area contributed by atoms with E-state index in [-0.39, 0.29) is 18.4 Å². The van der Waals surface area contributed by atoms with Crippen LogP contribution < -0.4 is 4.72 Å². The fraction of sp³-hybridized carbons (Fsp3) is 0.591. The summed E-state index contributed by atoms with van der Waals surface area (Å²) < 4.78 is 36.2. The second kappa shape index (κ2) is 10.4. The third kappa shape index (κ3) is 7.91. The van der Waals surface area contributed by atoms with Crippen LogP contribution in [0.1, 0.15) is 63.7 Å². The van der Waals surface area contributed by atoms with Gasteiger partial charge in [0.1, 0.15) is 0 Å². The Hall–Kier alpha value is -1.70. The third-order valence-corrected chi connectivity index (χ3v) is 5.50. The van der Waals surface area contributed by atoms with E-state index in [1.165, 1.54) is 11.1 Å². The van der Waals surface area contributed by atoms with Crippen molar-refractivity contribution in [3.05, 3.63) is 47.5 Å². The third-order valence-electron chi connectivity index (χ3n) is 4.91. The van der Waals surface area contributed by atoms with Gasteiger partial charge in [-0.05, 0) is 50.7 Å². The maximum absolute atomic E-state index is 11.5. The Bertz CT molecular complexity index is 816. The molecule has 1 amide bonds. The van der Waals surface area contributed by atoms with Crippen molar-refractivity contribution >= 4 is 15.9 Å².